The molecule has 0 atom stereocenters. The minimum absolute atomic E-state index is 0. The van der Waals surface area contributed by atoms with Crippen LogP contribution >= 0.6 is 0 Å². The fourth-order valence-corrected chi connectivity index (χ4v) is 0.300. The van der Waals surface area contributed by atoms with E-state index in [1.165, 1.54) is 0 Å². The third-order valence-corrected chi connectivity index (χ3v) is 0.771. The predicted octanol–water partition coefficient (Wildman–Crippen LogP) is -0.294. The molecule has 0 aliphatic rings. The summed E-state index contributed by atoms with van der Waals surface area (Å²) < 4.78 is 0.844. The first kappa shape index (κ1) is 29.3. The number of aliphatic hydroxyl groups excluding tert-OH is 2. The molecule has 88 valence electrons. The molecule has 0 fully saturated rings. The first-order valence-electron chi connectivity index (χ1n) is 3.50. The summed E-state index contributed by atoms with van der Waals surface area (Å²) in [5, 5.41) is 16.0. The fraction of sp³-hybridized carbons (Fsp3) is 1.00. The smallest absolute Gasteiger partial charge is 0.101 e. The van der Waals surface area contributed by atoms with Gasteiger partial charge in [0.2, 0.25) is 0 Å². The van der Waals surface area contributed by atoms with Gasteiger partial charge in [0.15, 0.2) is 0 Å². The van der Waals surface area contributed by atoms with Crippen molar-refractivity contribution < 1.29 is 25.6 Å². The summed E-state index contributed by atoms with van der Waals surface area (Å²) in [4.78, 5) is 0. The highest BCUT2D eigenvalue weighted by atomic mass is 16.3. The molecule has 6 heteroatoms. The van der Waals surface area contributed by atoms with Gasteiger partial charge in [-0.15, -0.1) is 0 Å². The Labute approximate surface area is 80.6 Å². The van der Waals surface area contributed by atoms with Gasteiger partial charge < -0.3 is 31.8 Å². The molecule has 0 unspecified atom stereocenters. The highest BCUT2D eigenvalue weighted by molar-refractivity contribution is 4.19. The van der Waals surface area contributed by atoms with Crippen molar-refractivity contribution in [3.8, 4) is 0 Å². The summed E-state index contributed by atoms with van der Waals surface area (Å²) in [6.07, 6.45) is 0. The van der Waals surface area contributed by atoms with Gasteiger partial charge in [-0.1, -0.05) is 0 Å². The molecular weight excluding hydrogens is 176 g/mol. The van der Waals surface area contributed by atoms with E-state index in [9.17, 15) is 0 Å². The van der Waals surface area contributed by atoms with Crippen LogP contribution in [0.3, 0.4) is 0 Å². The Bertz CT molecular complexity index is 66.0. The Balaban J connectivity index is -0.0000000320. The molecule has 6 nitrogen and oxygen atoms in total. The Hall–Kier alpha value is -0.240. The highest BCUT2D eigenvalue weighted by Gasteiger charge is 2.02. The number of nitrogens with zero attached hydrogens (tertiary/aromatic N) is 1. The zero-order valence-electron chi connectivity index (χ0n) is 9.36. The van der Waals surface area contributed by atoms with E-state index in [0.717, 1.165) is 11.0 Å². The van der Waals surface area contributed by atoms with Crippen molar-refractivity contribution in [3.05, 3.63) is 0 Å². The van der Waals surface area contributed by atoms with Crippen LogP contribution in [0.15, 0.2) is 0 Å². The molecule has 0 heterocycles. The van der Waals surface area contributed by atoms with Gasteiger partial charge in [0, 0.05) is 6.61 Å². The van der Waals surface area contributed by atoms with Crippen molar-refractivity contribution in [3.63, 3.8) is 0 Å². The van der Waals surface area contributed by atoms with E-state index < -0.39 is 0 Å². The van der Waals surface area contributed by atoms with Crippen LogP contribution < -0.4 is 6.15 Å². The number of aliphatic hydroxyl groups is 2. The van der Waals surface area contributed by atoms with Gasteiger partial charge >= 0.3 is 0 Å². The van der Waals surface area contributed by atoms with Crippen LogP contribution in [0.5, 0.6) is 0 Å². The molecule has 13 heavy (non-hydrogen) atoms. The molecule has 0 radical (unpaired) electrons. The topological polar surface area (TPSA) is 137 Å². The van der Waals surface area contributed by atoms with Crippen LogP contribution in [-0.4, -0.2) is 66.6 Å². The zero-order valence-corrected chi connectivity index (χ0v) is 9.36. The number of hydrogen-bond acceptors (Lipinski definition) is 4. The highest BCUT2D eigenvalue weighted by Crippen LogP contribution is 1.84. The second-order valence-corrected chi connectivity index (χ2v) is 3.05. The van der Waals surface area contributed by atoms with Crippen LogP contribution in [0.1, 0.15) is 6.92 Å². The average Bonchev–Trinajstić information content (AvgIpc) is 1.63. The normalized spacial score (nSPS) is 7.85. The average molecular weight is 202 g/mol. The number of likely N-dealkylation sites (N-methyl/N-ethyl adjacent to an activating group) is 1. The van der Waals surface area contributed by atoms with E-state index in [2.05, 4.69) is 21.1 Å². The lowest BCUT2D eigenvalue weighted by atomic mass is 10.5. The molecule has 0 bridgehead atoms. The van der Waals surface area contributed by atoms with E-state index in [1.54, 1.807) is 6.92 Å². The van der Waals surface area contributed by atoms with E-state index in [4.69, 9.17) is 10.2 Å². The third kappa shape index (κ3) is 79.2. The molecule has 0 saturated carbocycles. The van der Waals surface area contributed by atoms with Gasteiger partial charge in [-0.05, 0) is 6.92 Å². The van der Waals surface area contributed by atoms with E-state index in [-0.39, 0.29) is 30.3 Å². The maximum absolute atomic E-state index is 8.39. The van der Waals surface area contributed by atoms with Gasteiger partial charge in [-0.3, -0.25) is 0 Å². The lowest BCUT2D eigenvalue weighted by molar-refractivity contribution is -0.870. The summed E-state index contributed by atoms with van der Waals surface area (Å²) in [6, 6.07) is 0. The predicted molar refractivity (Wildman–Crippen MR) is 52.6 cm³/mol. The van der Waals surface area contributed by atoms with Gasteiger partial charge in [0.1, 0.15) is 6.54 Å². The van der Waals surface area contributed by atoms with E-state index in [1.807, 2.05) is 0 Å². The summed E-state index contributed by atoms with van der Waals surface area (Å²) in [7, 11) is 6.16. The monoisotopic (exact) mass is 202 g/mol. The Morgan fingerprint density at radius 2 is 1.23 bits per heavy atom. The number of quaternary nitrogens is 2. The SMILES string of the molecule is CCO.C[N+](C)(C)CCO.[NH4+].[OH-].[OH-]. The van der Waals surface area contributed by atoms with Crippen molar-refractivity contribution in [2.45, 2.75) is 6.92 Å². The van der Waals surface area contributed by atoms with Crippen molar-refractivity contribution in [1.29, 1.82) is 0 Å². The van der Waals surface area contributed by atoms with Crippen LogP contribution in [0.2, 0.25) is 0 Å². The first-order valence-corrected chi connectivity index (χ1v) is 3.50. The van der Waals surface area contributed by atoms with Crippen molar-refractivity contribution >= 4 is 0 Å². The minimum atomic E-state index is 0. The van der Waals surface area contributed by atoms with Crippen molar-refractivity contribution in [2.75, 3.05) is 40.9 Å². The Kier molecular flexibility index (Phi) is 40.0. The van der Waals surface area contributed by atoms with Gasteiger partial charge in [-0.2, -0.15) is 0 Å². The van der Waals surface area contributed by atoms with E-state index >= 15 is 0 Å². The molecule has 0 aromatic rings. The molecule has 0 saturated heterocycles. The molecule has 0 aromatic heterocycles. The Morgan fingerprint density at radius 3 is 1.23 bits per heavy atom. The largest absolute Gasteiger partial charge is 0.870 e. The third-order valence-electron chi connectivity index (χ3n) is 0.771. The number of hydrogen-bond donors (Lipinski definition) is 3. The minimum Gasteiger partial charge on any atom is -0.870 e. The van der Waals surface area contributed by atoms with Crippen molar-refractivity contribution in [2.24, 2.45) is 0 Å². The van der Waals surface area contributed by atoms with Gasteiger partial charge in [0.05, 0.1) is 27.7 Å². The fourth-order valence-electron chi connectivity index (χ4n) is 0.300. The molecule has 0 amide bonds. The molecule has 0 rings (SSSR count). The van der Waals surface area contributed by atoms with Crippen LogP contribution in [0, 0.1) is 0 Å². The maximum Gasteiger partial charge on any atom is 0.101 e. The number of rotatable bonds is 2. The van der Waals surface area contributed by atoms with Crippen LogP contribution in [0.25, 0.3) is 0 Å². The molecular formula is C7H26N2O4. The molecule has 8 N–H and O–H groups in total. The molecule has 0 spiro atoms. The van der Waals surface area contributed by atoms with Crippen molar-refractivity contribution in [1.82, 2.24) is 6.15 Å². The first-order chi connectivity index (χ1) is 4.47. The second-order valence-electron chi connectivity index (χ2n) is 3.05. The second kappa shape index (κ2) is 17.7. The van der Waals surface area contributed by atoms with Gasteiger partial charge in [-0.25, -0.2) is 0 Å². The lowest BCUT2D eigenvalue weighted by Crippen LogP contribution is -2.36. The molecule has 0 aromatic carbocycles. The lowest BCUT2D eigenvalue weighted by Gasteiger charge is -2.21. The van der Waals surface area contributed by atoms with E-state index in [0.29, 0.717) is 0 Å². The quantitative estimate of drug-likeness (QED) is 0.529. The summed E-state index contributed by atoms with van der Waals surface area (Å²) in [5.74, 6) is 0. The zero-order chi connectivity index (χ0) is 8.62. The molecule has 0 aliphatic carbocycles. The summed E-state index contributed by atoms with van der Waals surface area (Å²) in [5.41, 5.74) is 0. The summed E-state index contributed by atoms with van der Waals surface area (Å²) >= 11 is 0. The van der Waals surface area contributed by atoms with Crippen LogP contribution in [-0.2, 0) is 0 Å². The molecule has 0 aliphatic heterocycles. The maximum atomic E-state index is 8.39. The summed E-state index contributed by atoms with van der Waals surface area (Å²) in [6.45, 7) is 3.05. The van der Waals surface area contributed by atoms with Gasteiger partial charge in [0.25, 0.3) is 0 Å². The standard InChI is InChI=1S/C5H14NO.C2H6O.H3N.2H2O/c1-6(2,3)4-5-7;1-2-3;;;/h7H,4-5H2,1-3H3;3H,2H2,1H3;1H3;2*1H2/q+1;;;;/p-1. The van der Waals surface area contributed by atoms with Crippen LogP contribution in [0.4, 0.5) is 0 Å². The Morgan fingerprint density at radius 1 is 1.00 bits per heavy atom.